The van der Waals surface area contributed by atoms with E-state index in [9.17, 15) is 13.2 Å². The summed E-state index contributed by atoms with van der Waals surface area (Å²) < 4.78 is 37.7. The van der Waals surface area contributed by atoms with Gasteiger partial charge in [0.2, 0.25) is 0 Å². The fourth-order valence-corrected chi connectivity index (χ4v) is 1.55. The predicted molar refractivity (Wildman–Crippen MR) is 62.0 cm³/mol. The first-order valence-corrected chi connectivity index (χ1v) is 5.54. The molecule has 0 radical (unpaired) electrons. The smallest absolute Gasteiger partial charge is 0.353 e. The molecule has 6 heteroatoms. The standard InChI is InChI=1S/C12H14F3N3/c1-9(2)18(8-4-7-16)11-6-3-5-10(17-11)12(13,14)15/h3,5-6,9H,4,8H2,1-2H3. The van der Waals surface area contributed by atoms with Crippen molar-refractivity contribution in [1.82, 2.24) is 4.98 Å². The quantitative estimate of drug-likeness (QED) is 0.831. The Bertz CT molecular complexity index is 435. The molecule has 0 saturated carbocycles. The number of hydrogen-bond donors (Lipinski definition) is 0. The Kier molecular flexibility index (Phi) is 4.54. The Morgan fingerprint density at radius 2 is 2.06 bits per heavy atom. The van der Waals surface area contributed by atoms with E-state index in [-0.39, 0.29) is 18.3 Å². The van der Waals surface area contributed by atoms with E-state index in [4.69, 9.17) is 5.26 Å². The summed E-state index contributed by atoms with van der Waals surface area (Å²) in [5.74, 6) is 0.245. The maximum atomic E-state index is 12.6. The van der Waals surface area contributed by atoms with Crippen molar-refractivity contribution in [1.29, 1.82) is 5.26 Å². The molecular formula is C12H14F3N3. The van der Waals surface area contributed by atoms with Crippen LogP contribution < -0.4 is 4.90 Å². The molecule has 0 aromatic carbocycles. The third-order valence-electron chi connectivity index (χ3n) is 2.41. The number of pyridine rings is 1. The zero-order valence-electron chi connectivity index (χ0n) is 10.2. The number of aromatic nitrogens is 1. The summed E-state index contributed by atoms with van der Waals surface area (Å²) in [5.41, 5.74) is -0.914. The van der Waals surface area contributed by atoms with Gasteiger partial charge < -0.3 is 4.90 Å². The number of rotatable bonds is 4. The third-order valence-corrected chi connectivity index (χ3v) is 2.41. The molecule has 0 amide bonds. The van der Waals surface area contributed by atoms with Crippen LogP contribution in [0.1, 0.15) is 26.0 Å². The van der Waals surface area contributed by atoms with E-state index in [0.717, 1.165) is 6.07 Å². The van der Waals surface area contributed by atoms with Crippen molar-refractivity contribution in [2.45, 2.75) is 32.5 Å². The van der Waals surface area contributed by atoms with Crippen molar-refractivity contribution >= 4 is 5.82 Å². The van der Waals surface area contributed by atoms with E-state index in [1.165, 1.54) is 12.1 Å². The van der Waals surface area contributed by atoms with Gasteiger partial charge in [-0.2, -0.15) is 18.4 Å². The van der Waals surface area contributed by atoms with Crippen molar-refractivity contribution in [2.75, 3.05) is 11.4 Å². The van der Waals surface area contributed by atoms with Crippen LogP contribution in [0.15, 0.2) is 18.2 Å². The van der Waals surface area contributed by atoms with Gasteiger partial charge in [0.05, 0.1) is 12.5 Å². The fraction of sp³-hybridized carbons (Fsp3) is 0.500. The topological polar surface area (TPSA) is 39.9 Å². The van der Waals surface area contributed by atoms with E-state index < -0.39 is 11.9 Å². The lowest BCUT2D eigenvalue weighted by atomic mass is 10.2. The molecule has 0 aliphatic rings. The maximum Gasteiger partial charge on any atom is 0.433 e. The van der Waals surface area contributed by atoms with Crippen molar-refractivity contribution < 1.29 is 13.2 Å². The second-order valence-corrected chi connectivity index (χ2v) is 4.07. The summed E-state index contributed by atoms with van der Waals surface area (Å²) in [6, 6.07) is 5.74. The molecule has 0 N–H and O–H groups in total. The molecule has 98 valence electrons. The Hall–Kier alpha value is -1.77. The van der Waals surface area contributed by atoms with Crippen LogP contribution in [0, 0.1) is 11.3 Å². The Morgan fingerprint density at radius 3 is 2.56 bits per heavy atom. The first kappa shape index (κ1) is 14.3. The molecule has 0 atom stereocenters. The molecule has 0 spiro atoms. The second-order valence-electron chi connectivity index (χ2n) is 4.07. The highest BCUT2D eigenvalue weighted by molar-refractivity contribution is 5.40. The highest BCUT2D eigenvalue weighted by Gasteiger charge is 2.32. The van der Waals surface area contributed by atoms with Crippen LogP contribution in [0.5, 0.6) is 0 Å². The van der Waals surface area contributed by atoms with E-state index in [2.05, 4.69) is 4.98 Å². The zero-order valence-corrected chi connectivity index (χ0v) is 10.2. The SMILES string of the molecule is CC(C)N(CCC#N)c1cccc(C(F)(F)F)n1. The van der Waals surface area contributed by atoms with Crippen LogP contribution in [-0.2, 0) is 6.18 Å². The Labute approximate surface area is 104 Å². The largest absolute Gasteiger partial charge is 0.433 e. The summed E-state index contributed by atoms with van der Waals surface area (Å²) in [6.45, 7) is 4.06. The van der Waals surface area contributed by atoms with Crippen LogP contribution in [0.4, 0.5) is 19.0 Å². The lowest BCUT2D eigenvalue weighted by Crippen LogP contribution is -2.32. The monoisotopic (exact) mass is 257 g/mol. The number of alkyl halides is 3. The number of anilines is 1. The molecule has 18 heavy (non-hydrogen) atoms. The van der Waals surface area contributed by atoms with Crippen molar-refractivity contribution in [2.24, 2.45) is 0 Å². The molecule has 1 aromatic rings. The molecule has 0 unspecified atom stereocenters. The summed E-state index contributed by atoms with van der Waals surface area (Å²) >= 11 is 0. The van der Waals surface area contributed by atoms with Gasteiger partial charge in [-0.1, -0.05) is 6.07 Å². The van der Waals surface area contributed by atoms with Gasteiger partial charge in [0.15, 0.2) is 0 Å². The van der Waals surface area contributed by atoms with Gasteiger partial charge in [0.1, 0.15) is 11.5 Å². The minimum atomic E-state index is -4.45. The molecule has 1 aromatic heterocycles. The van der Waals surface area contributed by atoms with Gasteiger partial charge in [-0.15, -0.1) is 0 Å². The predicted octanol–water partition coefficient (Wildman–Crippen LogP) is 3.23. The molecule has 1 heterocycles. The van der Waals surface area contributed by atoms with Crippen molar-refractivity contribution in [3.05, 3.63) is 23.9 Å². The van der Waals surface area contributed by atoms with E-state index in [0.29, 0.717) is 6.54 Å². The molecule has 0 saturated heterocycles. The first-order chi connectivity index (χ1) is 8.36. The van der Waals surface area contributed by atoms with Gasteiger partial charge in [-0.3, -0.25) is 0 Å². The maximum absolute atomic E-state index is 12.6. The third kappa shape index (κ3) is 3.62. The molecular weight excluding hydrogens is 243 g/mol. The fourth-order valence-electron chi connectivity index (χ4n) is 1.55. The van der Waals surface area contributed by atoms with Gasteiger partial charge >= 0.3 is 6.18 Å². The Balaban J connectivity index is 3.03. The highest BCUT2D eigenvalue weighted by atomic mass is 19.4. The molecule has 0 aliphatic carbocycles. The van der Waals surface area contributed by atoms with E-state index >= 15 is 0 Å². The number of nitrogens with zero attached hydrogens (tertiary/aromatic N) is 3. The number of halogens is 3. The van der Waals surface area contributed by atoms with Crippen LogP contribution in [-0.4, -0.2) is 17.6 Å². The summed E-state index contributed by atoms with van der Waals surface area (Å²) in [4.78, 5) is 5.29. The number of nitriles is 1. The first-order valence-electron chi connectivity index (χ1n) is 5.54. The summed E-state index contributed by atoms with van der Waals surface area (Å²) in [6.07, 6.45) is -4.20. The van der Waals surface area contributed by atoms with Gasteiger partial charge in [0.25, 0.3) is 0 Å². The molecule has 0 aliphatic heterocycles. The lowest BCUT2D eigenvalue weighted by molar-refractivity contribution is -0.141. The summed E-state index contributed by atoms with van der Waals surface area (Å²) in [7, 11) is 0. The highest BCUT2D eigenvalue weighted by Crippen LogP contribution is 2.29. The number of hydrogen-bond acceptors (Lipinski definition) is 3. The molecule has 0 bridgehead atoms. The van der Waals surface area contributed by atoms with Gasteiger partial charge in [-0.25, -0.2) is 4.98 Å². The molecule has 0 fully saturated rings. The minimum absolute atomic E-state index is 0.0191. The summed E-state index contributed by atoms with van der Waals surface area (Å²) in [5, 5.41) is 8.55. The molecule has 1 rings (SSSR count). The van der Waals surface area contributed by atoms with Crippen LogP contribution in [0.3, 0.4) is 0 Å². The van der Waals surface area contributed by atoms with Gasteiger partial charge in [-0.05, 0) is 26.0 Å². The minimum Gasteiger partial charge on any atom is -0.353 e. The van der Waals surface area contributed by atoms with Crippen molar-refractivity contribution in [3.8, 4) is 6.07 Å². The van der Waals surface area contributed by atoms with Crippen LogP contribution in [0.2, 0.25) is 0 Å². The average molecular weight is 257 g/mol. The molecule has 3 nitrogen and oxygen atoms in total. The lowest BCUT2D eigenvalue weighted by Gasteiger charge is -2.27. The Morgan fingerprint density at radius 1 is 1.39 bits per heavy atom. The van der Waals surface area contributed by atoms with E-state index in [1.807, 2.05) is 19.9 Å². The van der Waals surface area contributed by atoms with E-state index in [1.54, 1.807) is 4.90 Å². The normalized spacial score (nSPS) is 11.4. The second kappa shape index (κ2) is 5.71. The average Bonchev–Trinajstić information content (AvgIpc) is 2.28. The zero-order chi connectivity index (χ0) is 13.8. The van der Waals surface area contributed by atoms with Crippen LogP contribution in [0.25, 0.3) is 0 Å². The van der Waals surface area contributed by atoms with Crippen molar-refractivity contribution in [3.63, 3.8) is 0 Å². The van der Waals surface area contributed by atoms with Gasteiger partial charge in [0, 0.05) is 12.6 Å². The van der Waals surface area contributed by atoms with Crippen LogP contribution >= 0.6 is 0 Å².